The number of hydrogen-bond donors (Lipinski definition) is 1. The molecular formula is C15H19NO3. The van der Waals surface area contributed by atoms with Crippen LogP contribution in [0.1, 0.15) is 18.4 Å². The van der Waals surface area contributed by atoms with Crippen LogP contribution in [0.5, 0.6) is 0 Å². The van der Waals surface area contributed by atoms with Gasteiger partial charge in [0.15, 0.2) is 0 Å². The van der Waals surface area contributed by atoms with E-state index in [4.69, 9.17) is 0 Å². The molecule has 1 aromatic rings. The van der Waals surface area contributed by atoms with Gasteiger partial charge in [0.1, 0.15) is 0 Å². The van der Waals surface area contributed by atoms with E-state index in [0.29, 0.717) is 6.54 Å². The summed E-state index contributed by atoms with van der Waals surface area (Å²) >= 11 is 0. The van der Waals surface area contributed by atoms with E-state index < -0.39 is 0 Å². The minimum atomic E-state index is -0.305. The summed E-state index contributed by atoms with van der Waals surface area (Å²) in [4.78, 5) is 22.3. The van der Waals surface area contributed by atoms with Crippen LogP contribution in [0.2, 0.25) is 0 Å². The summed E-state index contributed by atoms with van der Waals surface area (Å²) in [6.07, 6.45) is 4.62. The van der Waals surface area contributed by atoms with Gasteiger partial charge in [-0.1, -0.05) is 42.5 Å². The van der Waals surface area contributed by atoms with Gasteiger partial charge < -0.3 is 10.1 Å². The Morgan fingerprint density at radius 1 is 1.16 bits per heavy atom. The number of methoxy groups -OCH3 is 1. The van der Waals surface area contributed by atoms with Gasteiger partial charge in [0.2, 0.25) is 5.91 Å². The average molecular weight is 261 g/mol. The van der Waals surface area contributed by atoms with Crippen molar-refractivity contribution in [3.05, 3.63) is 48.0 Å². The van der Waals surface area contributed by atoms with E-state index in [9.17, 15) is 9.59 Å². The summed E-state index contributed by atoms with van der Waals surface area (Å²) in [5.74, 6) is -0.349. The summed E-state index contributed by atoms with van der Waals surface area (Å²) < 4.78 is 4.48. The molecule has 1 aromatic carbocycles. The van der Waals surface area contributed by atoms with Crippen LogP contribution < -0.4 is 5.32 Å². The molecule has 4 heteroatoms. The number of nitrogens with one attached hydrogen (secondary N) is 1. The van der Waals surface area contributed by atoms with Crippen LogP contribution in [0.25, 0.3) is 0 Å². The summed E-state index contributed by atoms with van der Waals surface area (Å²) in [5.41, 5.74) is 1.20. The number of hydrogen-bond acceptors (Lipinski definition) is 3. The number of rotatable bonds is 7. The Balaban J connectivity index is 2.13. The third kappa shape index (κ3) is 7.03. The van der Waals surface area contributed by atoms with Gasteiger partial charge in [-0.05, 0) is 12.0 Å². The summed E-state index contributed by atoms with van der Waals surface area (Å²) in [7, 11) is 1.34. The molecule has 0 bridgehead atoms. The van der Waals surface area contributed by atoms with Gasteiger partial charge in [-0.15, -0.1) is 0 Å². The molecule has 0 unspecified atom stereocenters. The molecule has 0 saturated carbocycles. The fraction of sp³-hybridized carbons (Fsp3) is 0.333. The largest absolute Gasteiger partial charge is 0.469 e. The molecule has 0 atom stereocenters. The molecule has 0 aliphatic heterocycles. The lowest BCUT2D eigenvalue weighted by atomic mass is 10.1. The zero-order valence-electron chi connectivity index (χ0n) is 11.1. The Hall–Kier alpha value is -2.10. The van der Waals surface area contributed by atoms with Gasteiger partial charge in [-0.3, -0.25) is 9.59 Å². The molecule has 0 radical (unpaired) electrons. The van der Waals surface area contributed by atoms with Crippen LogP contribution in [-0.2, 0) is 20.7 Å². The Morgan fingerprint density at radius 3 is 2.53 bits per heavy atom. The lowest BCUT2D eigenvalue weighted by Gasteiger charge is -2.03. The molecule has 0 fully saturated rings. The van der Waals surface area contributed by atoms with Gasteiger partial charge in [-0.25, -0.2) is 0 Å². The maximum atomic E-state index is 11.5. The van der Waals surface area contributed by atoms with E-state index in [0.717, 1.165) is 6.42 Å². The van der Waals surface area contributed by atoms with Crippen molar-refractivity contribution < 1.29 is 14.3 Å². The van der Waals surface area contributed by atoms with Crippen molar-refractivity contribution in [3.8, 4) is 0 Å². The molecule has 1 amide bonds. The Bertz CT molecular complexity index is 426. The normalized spacial score (nSPS) is 10.4. The summed E-state index contributed by atoms with van der Waals surface area (Å²) in [5, 5.41) is 2.83. The molecular weight excluding hydrogens is 242 g/mol. The molecule has 0 aromatic heterocycles. The van der Waals surface area contributed by atoms with Crippen LogP contribution in [0.4, 0.5) is 0 Å². The second-order valence-electron chi connectivity index (χ2n) is 4.04. The first kappa shape index (κ1) is 15.0. The third-order valence-electron chi connectivity index (χ3n) is 2.56. The predicted molar refractivity (Wildman–Crippen MR) is 73.5 cm³/mol. The molecule has 0 saturated heterocycles. The molecule has 0 aliphatic rings. The van der Waals surface area contributed by atoms with Crippen LogP contribution in [0.3, 0.4) is 0 Å². The fourth-order valence-electron chi connectivity index (χ4n) is 1.52. The summed E-state index contributed by atoms with van der Waals surface area (Å²) in [6, 6.07) is 9.98. The summed E-state index contributed by atoms with van der Waals surface area (Å²) in [6.45, 7) is 0.619. The van der Waals surface area contributed by atoms with Crippen molar-refractivity contribution in [2.24, 2.45) is 0 Å². The topological polar surface area (TPSA) is 55.4 Å². The maximum Gasteiger partial charge on any atom is 0.309 e. The minimum Gasteiger partial charge on any atom is -0.469 e. The van der Waals surface area contributed by atoms with Gasteiger partial charge in [0.25, 0.3) is 0 Å². The first-order chi connectivity index (χ1) is 9.22. The smallest absolute Gasteiger partial charge is 0.309 e. The molecule has 4 nitrogen and oxygen atoms in total. The monoisotopic (exact) mass is 261 g/mol. The van der Waals surface area contributed by atoms with Crippen molar-refractivity contribution in [2.45, 2.75) is 19.3 Å². The highest BCUT2D eigenvalue weighted by Gasteiger charge is 1.99. The molecule has 19 heavy (non-hydrogen) atoms. The van der Waals surface area contributed by atoms with E-state index in [-0.39, 0.29) is 24.7 Å². The van der Waals surface area contributed by atoms with Crippen LogP contribution in [0, 0.1) is 0 Å². The molecule has 102 valence electrons. The van der Waals surface area contributed by atoms with Crippen molar-refractivity contribution in [1.82, 2.24) is 5.32 Å². The highest BCUT2D eigenvalue weighted by molar-refractivity contribution is 5.77. The van der Waals surface area contributed by atoms with Gasteiger partial charge in [0.05, 0.1) is 13.5 Å². The number of benzene rings is 1. The molecule has 1 N–H and O–H groups in total. The van der Waals surface area contributed by atoms with Gasteiger partial charge in [0, 0.05) is 13.0 Å². The molecule has 0 aliphatic carbocycles. The lowest BCUT2D eigenvalue weighted by molar-refractivity contribution is -0.139. The minimum absolute atomic E-state index is 0.0444. The van der Waals surface area contributed by atoms with Crippen molar-refractivity contribution in [1.29, 1.82) is 0 Å². The number of carbonyl (C=O) groups is 2. The first-order valence-electron chi connectivity index (χ1n) is 6.25. The highest BCUT2D eigenvalue weighted by atomic mass is 16.5. The van der Waals surface area contributed by atoms with E-state index >= 15 is 0 Å². The van der Waals surface area contributed by atoms with E-state index in [1.807, 2.05) is 30.3 Å². The van der Waals surface area contributed by atoms with Gasteiger partial charge >= 0.3 is 5.97 Å². The van der Waals surface area contributed by atoms with Crippen molar-refractivity contribution in [2.75, 3.05) is 13.7 Å². The van der Waals surface area contributed by atoms with Crippen molar-refractivity contribution in [3.63, 3.8) is 0 Å². The Kier molecular flexibility index (Phi) is 7.02. The maximum absolute atomic E-state index is 11.5. The second kappa shape index (κ2) is 8.91. The third-order valence-corrected chi connectivity index (χ3v) is 2.56. The standard InChI is InChI=1S/C15H19NO3/c1-19-15(18)10-6-5-9-14(17)16-12-11-13-7-3-2-4-8-13/h2-8H,9-12H2,1H3,(H,16,17)/b6-5+. The Morgan fingerprint density at radius 2 is 1.84 bits per heavy atom. The predicted octanol–water partition coefficient (Wildman–Crippen LogP) is 1.85. The van der Waals surface area contributed by atoms with Crippen LogP contribution in [-0.4, -0.2) is 25.5 Å². The van der Waals surface area contributed by atoms with Crippen LogP contribution in [0.15, 0.2) is 42.5 Å². The molecule has 0 heterocycles. The van der Waals surface area contributed by atoms with Crippen molar-refractivity contribution >= 4 is 11.9 Å². The SMILES string of the molecule is COC(=O)C/C=C/CC(=O)NCCc1ccccc1. The molecule has 1 rings (SSSR count). The second-order valence-corrected chi connectivity index (χ2v) is 4.04. The number of ether oxygens (including phenoxy) is 1. The van der Waals surface area contributed by atoms with Crippen LogP contribution >= 0.6 is 0 Å². The average Bonchev–Trinajstić information content (AvgIpc) is 2.44. The fourth-order valence-corrected chi connectivity index (χ4v) is 1.52. The Labute approximate surface area is 113 Å². The highest BCUT2D eigenvalue weighted by Crippen LogP contribution is 1.98. The zero-order chi connectivity index (χ0) is 13.9. The number of carbonyl (C=O) groups excluding carboxylic acids is 2. The van der Waals surface area contributed by atoms with E-state index in [2.05, 4.69) is 10.1 Å². The van der Waals surface area contributed by atoms with E-state index in [1.165, 1.54) is 12.7 Å². The zero-order valence-corrected chi connectivity index (χ0v) is 11.1. The quantitative estimate of drug-likeness (QED) is 0.602. The van der Waals surface area contributed by atoms with Gasteiger partial charge in [-0.2, -0.15) is 0 Å². The first-order valence-corrected chi connectivity index (χ1v) is 6.25. The number of esters is 1. The van der Waals surface area contributed by atoms with E-state index in [1.54, 1.807) is 12.2 Å². The molecule has 0 spiro atoms. The number of amides is 1. The lowest BCUT2D eigenvalue weighted by Crippen LogP contribution is -2.24.